The number of hydrogen-bond acceptors (Lipinski definition) is 12. The van der Waals surface area contributed by atoms with Gasteiger partial charge in [0.15, 0.2) is 0 Å². The monoisotopic (exact) mass is 601 g/mol. The molecule has 2 aromatic carbocycles. The van der Waals surface area contributed by atoms with Gasteiger partial charge in [0, 0.05) is 61.1 Å². The van der Waals surface area contributed by atoms with Gasteiger partial charge in [-0.05, 0) is 49.2 Å². The number of nitrogens with two attached hydrogens (primary N) is 4. The third-order valence-corrected chi connectivity index (χ3v) is 7.43. The van der Waals surface area contributed by atoms with Crippen molar-refractivity contribution < 1.29 is 9.90 Å². The van der Waals surface area contributed by atoms with Crippen LogP contribution in [0.25, 0.3) is 0 Å². The van der Waals surface area contributed by atoms with Crippen molar-refractivity contribution in [1.29, 1.82) is 0 Å². The van der Waals surface area contributed by atoms with Crippen molar-refractivity contribution in [3.63, 3.8) is 0 Å². The number of amides is 1. The number of benzene rings is 2. The molecule has 0 aliphatic carbocycles. The first-order valence-electron chi connectivity index (χ1n) is 13.2. The highest BCUT2D eigenvalue weighted by molar-refractivity contribution is 6.34. The van der Waals surface area contributed by atoms with Gasteiger partial charge in [-0.1, -0.05) is 23.2 Å². The quantitative estimate of drug-likeness (QED) is 0.215. The van der Waals surface area contributed by atoms with Gasteiger partial charge in [-0.25, -0.2) is 0 Å². The molecule has 3 aromatic rings. The van der Waals surface area contributed by atoms with E-state index in [1.165, 1.54) is 18.2 Å². The minimum Gasteiger partial charge on any atom is -0.507 e. The molecule has 13 nitrogen and oxygen atoms in total. The maximum atomic E-state index is 12.7. The summed E-state index contributed by atoms with van der Waals surface area (Å²) in [5.41, 5.74) is 25.9. The van der Waals surface area contributed by atoms with Gasteiger partial charge < -0.3 is 48.5 Å². The first-order valence-corrected chi connectivity index (χ1v) is 13.9. The zero-order valence-electron chi connectivity index (χ0n) is 22.2. The molecule has 3 heterocycles. The van der Waals surface area contributed by atoms with Crippen LogP contribution in [-0.2, 0) is 0 Å². The van der Waals surface area contributed by atoms with Crippen LogP contribution in [0.1, 0.15) is 23.2 Å². The fraction of sp³-hybridized carbons (Fsp3) is 0.385. The number of phenolic OH excluding ortho intramolecular Hbond substituents is 1. The van der Waals surface area contributed by atoms with Crippen LogP contribution in [0.5, 0.6) is 5.75 Å². The summed E-state index contributed by atoms with van der Waals surface area (Å²) in [6, 6.07) is 8.77. The van der Waals surface area contributed by atoms with Crippen LogP contribution < -0.4 is 43.4 Å². The molecule has 0 unspecified atom stereocenters. The number of carbonyl (C=O) groups excluding carboxylic acids is 1. The van der Waals surface area contributed by atoms with E-state index in [0.29, 0.717) is 67.3 Å². The maximum Gasteiger partial charge on any atom is 0.259 e. The number of aromatic nitrogens is 3. The van der Waals surface area contributed by atoms with Gasteiger partial charge in [0.05, 0.1) is 16.3 Å². The van der Waals surface area contributed by atoms with E-state index in [0.717, 1.165) is 0 Å². The van der Waals surface area contributed by atoms with E-state index in [4.69, 9.17) is 51.1 Å². The van der Waals surface area contributed by atoms with Crippen molar-refractivity contribution in [2.75, 3.05) is 46.6 Å². The smallest absolute Gasteiger partial charge is 0.259 e. The Morgan fingerprint density at radius 1 is 0.829 bits per heavy atom. The Morgan fingerprint density at radius 3 is 1.90 bits per heavy atom. The van der Waals surface area contributed by atoms with Crippen LogP contribution in [0.15, 0.2) is 36.4 Å². The van der Waals surface area contributed by atoms with Crippen molar-refractivity contribution in [2.24, 2.45) is 22.9 Å². The molecule has 1 amide bonds. The van der Waals surface area contributed by atoms with E-state index < -0.39 is 5.91 Å². The zero-order valence-corrected chi connectivity index (χ0v) is 23.7. The second kappa shape index (κ2) is 12.2. The average Bonchev–Trinajstić information content (AvgIpc) is 2.89. The number of piperidine rings is 2. The lowest BCUT2D eigenvalue weighted by Gasteiger charge is -2.37. The largest absolute Gasteiger partial charge is 0.507 e. The van der Waals surface area contributed by atoms with Crippen molar-refractivity contribution in [2.45, 2.75) is 37.0 Å². The molecule has 0 bridgehead atoms. The lowest BCUT2D eigenvalue weighted by atomic mass is 10.0. The highest BCUT2D eigenvalue weighted by Crippen LogP contribution is 2.30. The third-order valence-electron chi connectivity index (χ3n) is 6.89. The van der Waals surface area contributed by atoms with Gasteiger partial charge in [0.25, 0.3) is 5.91 Å². The summed E-state index contributed by atoms with van der Waals surface area (Å²) < 4.78 is 0. The van der Waals surface area contributed by atoms with Gasteiger partial charge in [0.1, 0.15) is 5.75 Å². The second-order valence-corrected chi connectivity index (χ2v) is 11.4. The Kier molecular flexibility index (Phi) is 8.63. The van der Waals surface area contributed by atoms with Crippen LogP contribution in [-0.4, -0.2) is 76.3 Å². The lowest BCUT2D eigenvalue weighted by Crippen LogP contribution is -2.54. The van der Waals surface area contributed by atoms with Crippen LogP contribution in [0.3, 0.4) is 0 Å². The van der Waals surface area contributed by atoms with Crippen LogP contribution in [0.2, 0.25) is 10.0 Å². The molecule has 5 rings (SSSR count). The van der Waals surface area contributed by atoms with Gasteiger partial charge in [-0.3, -0.25) is 4.79 Å². The van der Waals surface area contributed by atoms with Crippen LogP contribution >= 0.6 is 23.2 Å². The number of nitrogens with one attached hydrogen (secondary N) is 2. The molecular formula is C26H33Cl2N11O2. The highest BCUT2D eigenvalue weighted by Gasteiger charge is 2.29. The average molecular weight is 603 g/mol. The molecule has 0 spiro atoms. The SMILES string of the molecule is N[C@@H]1C[C@H](N)CN(c2nc(Nc3ccc(NC(=O)c4ccc(Cl)cc4O)c(Cl)c3)nc(N3C[C@H](N)C[C@H](N)C3)n2)C1. The number of hydrogen-bond donors (Lipinski definition) is 7. The fourth-order valence-electron chi connectivity index (χ4n) is 5.09. The Hall–Kier alpha value is -3.46. The molecule has 1 aromatic heterocycles. The number of phenols is 1. The van der Waals surface area contributed by atoms with E-state index in [1.807, 2.05) is 9.80 Å². The summed E-state index contributed by atoms with van der Waals surface area (Å²) in [7, 11) is 0. The first-order chi connectivity index (χ1) is 19.5. The fourth-order valence-corrected chi connectivity index (χ4v) is 5.48. The number of halogens is 2. The number of anilines is 5. The normalized spacial score (nSPS) is 22.9. The van der Waals surface area contributed by atoms with Gasteiger partial charge in [-0.15, -0.1) is 0 Å². The van der Waals surface area contributed by atoms with Gasteiger partial charge >= 0.3 is 0 Å². The zero-order chi connectivity index (χ0) is 29.3. The predicted molar refractivity (Wildman–Crippen MR) is 161 cm³/mol. The topological polar surface area (TPSA) is 211 Å². The molecule has 11 N–H and O–H groups in total. The summed E-state index contributed by atoms with van der Waals surface area (Å²) in [6.45, 7) is 2.22. The number of rotatable bonds is 6. The predicted octanol–water partition coefficient (Wildman–Crippen LogP) is 1.61. The second-order valence-electron chi connectivity index (χ2n) is 10.5. The standard InChI is InChI=1S/C26H33Cl2N11O2/c27-13-1-3-19(22(40)5-13)23(41)34-21-4-2-18(8-20(21)28)33-24-35-25(38-9-14(29)6-15(30)10-38)37-26(36-24)39-11-16(31)7-17(32)12-39/h1-5,8,14-17,40H,6-7,9-12,29-32H2,(H,34,41)(H,33,35,36,37)/t14-,15+,16-,17+. The molecule has 2 aliphatic rings. The maximum absolute atomic E-state index is 12.7. The Bertz CT molecular complexity index is 1360. The first kappa shape index (κ1) is 29.0. The number of nitrogens with zero attached hydrogens (tertiary/aromatic N) is 5. The molecule has 218 valence electrons. The molecule has 0 radical (unpaired) electrons. The molecule has 2 aliphatic heterocycles. The van der Waals surface area contributed by atoms with Gasteiger partial charge in [-0.2, -0.15) is 15.0 Å². The Balaban J connectivity index is 1.39. The van der Waals surface area contributed by atoms with Crippen molar-refractivity contribution in [3.05, 3.63) is 52.0 Å². The highest BCUT2D eigenvalue weighted by atomic mass is 35.5. The van der Waals surface area contributed by atoms with Crippen molar-refractivity contribution >= 4 is 58.3 Å². The third kappa shape index (κ3) is 7.07. The van der Waals surface area contributed by atoms with Gasteiger partial charge in [0.2, 0.25) is 17.8 Å². The van der Waals surface area contributed by atoms with Crippen LogP contribution in [0.4, 0.5) is 29.2 Å². The summed E-state index contributed by atoms with van der Waals surface area (Å²) in [5.74, 6) is 0.382. The lowest BCUT2D eigenvalue weighted by molar-refractivity contribution is 0.102. The summed E-state index contributed by atoms with van der Waals surface area (Å²) in [4.78, 5) is 30.6. The molecular weight excluding hydrogens is 569 g/mol. The molecule has 0 saturated carbocycles. The Morgan fingerprint density at radius 2 is 1.39 bits per heavy atom. The molecule has 15 heteroatoms. The summed E-state index contributed by atoms with van der Waals surface area (Å²) >= 11 is 12.4. The van der Waals surface area contributed by atoms with Crippen molar-refractivity contribution in [1.82, 2.24) is 15.0 Å². The molecule has 4 atom stereocenters. The van der Waals surface area contributed by atoms with E-state index in [2.05, 4.69) is 20.6 Å². The van der Waals surface area contributed by atoms with E-state index >= 15 is 0 Å². The van der Waals surface area contributed by atoms with E-state index in [9.17, 15) is 9.90 Å². The van der Waals surface area contributed by atoms with E-state index in [-0.39, 0.29) is 46.5 Å². The summed E-state index contributed by atoms with van der Waals surface area (Å²) in [6.07, 6.45) is 1.43. The molecule has 2 fully saturated rings. The van der Waals surface area contributed by atoms with Crippen LogP contribution in [0, 0.1) is 0 Å². The number of aromatic hydroxyl groups is 1. The molecule has 2 saturated heterocycles. The number of carbonyl (C=O) groups is 1. The Labute approximate surface area is 247 Å². The van der Waals surface area contributed by atoms with E-state index in [1.54, 1.807) is 18.2 Å². The van der Waals surface area contributed by atoms with Crippen molar-refractivity contribution in [3.8, 4) is 5.75 Å². The minimum absolute atomic E-state index is 0.0622. The minimum atomic E-state index is -0.538. The summed E-state index contributed by atoms with van der Waals surface area (Å²) in [5, 5.41) is 16.5. The molecule has 41 heavy (non-hydrogen) atoms.